The fourth-order valence-corrected chi connectivity index (χ4v) is 3.28. The quantitative estimate of drug-likeness (QED) is 0.502. The number of fused-ring (bicyclic) bond motifs is 1. The van der Waals surface area contributed by atoms with Gasteiger partial charge in [-0.05, 0) is 57.9 Å². The van der Waals surface area contributed by atoms with E-state index < -0.39 is 0 Å². The molecule has 1 saturated carbocycles. The van der Waals surface area contributed by atoms with Crippen LogP contribution in [0.4, 0.5) is 4.79 Å². The lowest BCUT2D eigenvalue weighted by atomic mass is 10.0. The minimum absolute atomic E-state index is 0.0796. The van der Waals surface area contributed by atoms with Crippen LogP contribution < -0.4 is 10.6 Å². The number of alkyl carbamates (subject to hydrolysis) is 1. The highest BCUT2D eigenvalue weighted by atomic mass is 16.5. The lowest BCUT2D eigenvalue weighted by Gasteiger charge is -2.23. The minimum Gasteiger partial charge on any atom is -0.449 e. The second-order valence-electron chi connectivity index (χ2n) is 7.44. The first kappa shape index (κ1) is 19.1. The van der Waals surface area contributed by atoms with Gasteiger partial charge in [-0.25, -0.2) is 4.79 Å². The lowest BCUT2D eigenvalue weighted by molar-refractivity contribution is 0.107. The standard InChI is InChI=1S/C19H32N2O3/c1-19(2,20-3)10-12-23-13-11-21-18(22)24-14-17-15-8-6-4-5-7-9-16(15)17/h15-17,20H,6-14H2,1-3H3,(H,21,22)/t15-,16+,17?. The molecule has 24 heavy (non-hydrogen) atoms. The number of rotatable bonds is 9. The summed E-state index contributed by atoms with van der Waals surface area (Å²) < 4.78 is 10.9. The maximum atomic E-state index is 11.7. The van der Waals surface area contributed by atoms with E-state index in [0.717, 1.165) is 32.1 Å². The number of nitrogens with one attached hydrogen (secondary N) is 2. The van der Waals surface area contributed by atoms with Gasteiger partial charge in [0, 0.05) is 31.5 Å². The summed E-state index contributed by atoms with van der Waals surface area (Å²) in [6, 6.07) is 0. The van der Waals surface area contributed by atoms with E-state index >= 15 is 0 Å². The monoisotopic (exact) mass is 336 g/mol. The molecule has 0 bridgehead atoms. The van der Waals surface area contributed by atoms with Crippen molar-refractivity contribution in [2.45, 2.75) is 51.5 Å². The normalized spacial score (nSPS) is 25.5. The molecule has 2 N–H and O–H groups in total. The van der Waals surface area contributed by atoms with Crippen LogP contribution in [0.15, 0.2) is 0 Å². The molecule has 5 nitrogen and oxygen atoms in total. The summed E-state index contributed by atoms with van der Waals surface area (Å²) in [6.45, 7) is 6.50. The molecule has 1 fully saturated rings. The number of carbonyl (C=O) groups excluding carboxylic acids is 1. The molecule has 2 aliphatic rings. The van der Waals surface area contributed by atoms with E-state index in [4.69, 9.17) is 9.47 Å². The van der Waals surface area contributed by atoms with E-state index in [2.05, 4.69) is 36.3 Å². The first-order chi connectivity index (χ1) is 11.5. The molecule has 0 heterocycles. The topological polar surface area (TPSA) is 59.6 Å². The molecule has 2 aliphatic carbocycles. The zero-order chi connectivity index (χ0) is 17.4. The summed E-state index contributed by atoms with van der Waals surface area (Å²) in [5, 5.41) is 5.99. The number of hydrogen-bond donors (Lipinski definition) is 2. The highest BCUT2D eigenvalue weighted by Crippen LogP contribution is 2.52. The van der Waals surface area contributed by atoms with Crippen molar-refractivity contribution in [1.82, 2.24) is 10.6 Å². The Balaban J connectivity index is 1.48. The maximum absolute atomic E-state index is 11.7. The van der Waals surface area contributed by atoms with E-state index in [1.165, 1.54) is 0 Å². The summed E-state index contributed by atoms with van der Waals surface area (Å²) >= 11 is 0. The van der Waals surface area contributed by atoms with Gasteiger partial charge in [-0.15, -0.1) is 11.8 Å². The molecule has 0 saturated heterocycles. The third-order valence-electron chi connectivity index (χ3n) is 5.31. The van der Waals surface area contributed by atoms with Crippen LogP contribution >= 0.6 is 0 Å². The van der Waals surface area contributed by atoms with Crippen molar-refractivity contribution in [2.24, 2.45) is 17.8 Å². The van der Waals surface area contributed by atoms with E-state index in [1.54, 1.807) is 0 Å². The first-order valence-electron chi connectivity index (χ1n) is 9.16. The number of ether oxygens (including phenoxy) is 2. The minimum atomic E-state index is -0.329. The van der Waals surface area contributed by atoms with Gasteiger partial charge in [0.15, 0.2) is 0 Å². The molecule has 3 atom stereocenters. The van der Waals surface area contributed by atoms with Gasteiger partial charge in [0.05, 0.1) is 13.2 Å². The maximum Gasteiger partial charge on any atom is 0.407 e. The predicted molar refractivity (Wildman–Crippen MR) is 94.6 cm³/mol. The lowest BCUT2D eigenvalue weighted by Crippen LogP contribution is -2.37. The summed E-state index contributed by atoms with van der Waals surface area (Å²) in [5.41, 5.74) is 0.0796. The van der Waals surface area contributed by atoms with Crippen molar-refractivity contribution in [3.63, 3.8) is 0 Å². The molecule has 1 unspecified atom stereocenters. The number of carbonyl (C=O) groups is 1. The van der Waals surface area contributed by atoms with E-state index in [9.17, 15) is 4.79 Å². The highest BCUT2D eigenvalue weighted by molar-refractivity contribution is 5.67. The van der Waals surface area contributed by atoms with Gasteiger partial charge in [-0.2, -0.15) is 0 Å². The Morgan fingerprint density at radius 3 is 2.46 bits per heavy atom. The molecule has 0 radical (unpaired) electrons. The van der Waals surface area contributed by atoms with Crippen molar-refractivity contribution in [1.29, 1.82) is 0 Å². The zero-order valence-corrected chi connectivity index (χ0v) is 15.3. The van der Waals surface area contributed by atoms with Crippen LogP contribution in [0.5, 0.6) is 0 Å². The Morgan fingerprint density at radius 2 is 1.83 bits per heavy atom. The van der Waals surface area contributed by atoms with Crippen molar-refractivity contribution in [2.75, 3.05) is 33.4 Å². The first-order valence-corrected chi connectivity index (χ1v) is 9.16. The predicted octanol–water partition coefficient (Wildman–Crippen LogP) is 2.56. The Morgan fingerprint density at radius 1 is 1.17 bits per heavy atom. The molecule has 0 aromatic rings. The molecule has 0 aromatic heterocycles. The summed E-state index contributed by atoms with van der Waals surface area (Å²) in [7, 11) is 1.95. The third-order valence-corrected chi connectivity index (χ3v) is 5.31. The van der Waals surface area contributed by atoms with Gasteiger partial charge >= 0.3 is 6.09 Å². The summed E-state index contributed by atoms with van der Waals surface area (Å²) in [5.74, 6) is 8.37. The average molecular weight is 336 g/mol. The van der Waals surface area contributed by atoms with Gasteiger partial charge in [0.2, 0.25) is 0 Å². The second kappa shape index (κ2) is 9.29. The van der Waals surface area contributed by atoms with E-state index in [0.29, 0.717) is 44.1 Å². The Labute approximate surface area is 146 Å². The average Bonchev–Trinajstić information content (AvgIpc) is 3.18. The molecule has 136 valence electrons. The van der Waals surface area contributed by atoms with Crippen LogP contribution in [-0.4, -0.2) is 45.0 Å². The molecular weight excluding hydrogens is 304 g/mol. The van der Waals surface area contributed by atoms with Crippen LogP contribution in [0.1, 0.15) is 46.0 Å². The molecular formula is C19H32N2O3. The van der Waals surface area contributed by atoms with Gasteiger partial charge < -0.3 is 20.1 Å². The van der Waals surface area contributed by atoms with Crippen LogP contribution in [0.25, 0.3) is 0 Å². The van der Waals surface area contributed by atoms with Crippen molar-refractivity contribution < 1.29 is 14.3 Å². The van der Waals surface area contributed by atoms with Crippen molar-refractivity contribution >= 4 is 6.09 Å². The number of hydrogen-bond acceptors (Lipinski definition) is 4. The Hall–Kier alpha value is -1.25. The van der Waals surface area contributed by atoms with Crippen molar-refractivity contribution in [3.05, 3.63) is 0 Å². The largest absolute Gasteiger partial charge is 0.449 e. The number of amides is 1. The van der Waals surface area contributed by atoms with Crippen LogP contribution in [0.3, 0.4) is 0 Å². The zero-order valence-electron chi connectivity index (χ0n) is 15.3. The highest BCUT2D eigenvalue weighted by Gasteiger charge is 2.49. The fourth-order valence-electron chi connectivity index (χ4n) is 3.28. The van der Waals surface area contributed by atoms with Crippen LogP contribution in [0.2, 0.25) is 0 Å². The van der Waals surface area contributed by atoms with Crippen molar-refractivity contribution in [3.8, 4) is 11.8 Å². The summed E-state index contributed by atoms with van der Waals surface area (Å²) in [6.07, 6.45) is 4.90. The molecule has 5 heteroatoms. The Kier molecular flexibility index (Phi) is 7.39. The molecule has 0 aliphatic heterocycles. The van der Waals surface area contributed by atoms with Gasteiger partial charge in [0.25, 0.3) is 0 Å². The SMILES string of the molecule is CNC(C)(C)CCOCCNC(=O)OCC1[C@H]2CCC#CCC[C@@H]12. The Bertz CT molecular complexity index is 449. The molecule has 0 aromatic carbocycles. The van der Waals surface area contributed by atoms with E-state index in [1.807, 2.05) is 7.05 Å². The van der Waals surface area contributed by atoms with E-state index in [-0.39, 0.29) is 11.6 Å². The second-order valence-corrected chi connectivity index (χ2v) is 7.44. The van der Waals surface area contributed by atoms with Gasteiger partial charge in [-0.3, -0.25) is 0 Å². The van der Waals surface area contributed by atoms with Crippen LogP contribution in [-0.2, 0) is 9.47 Å². The van der Waals surface area contributed by atoms with Gasteiger partial charge in [-0.1, -0.05) is 0 Å². The molecule has 0 spiro atoms. The van der Waals surface area contributed by atoms with Gasteiger partial charge in [0.1, 0.15) is 0 Å². The third kappa shape index (κ3) is 6.33. The molecule has 2 rings (SSSR count). The van der Waals surface area contributed by atoms with Crippen LogP contribution in [0, 0.1) is 29.6 Å². The smallest absolute Gasteiger partial charge is 0.407 e. The summed E-state index contributed by atoms with van der Waals surface area (Å²) in [4.78, 5) is 11.7. The fraction of sp³-hybridized carbons (Fsp3) is 0.842. The molecule has 1 amide bonds.